The maximum absolute atomic E-state index is 12.7. The molecule has 0 fully saturated rings. The normalized spacial score (nSPS) is 12.6. The smallest absolute Gasteiger partial charge is 0.148 e. The van der Waals surface area contributed by atoms with Crippen LogP contribution < -0.4 is 0 Å². The summed E-state index contributed by atoms with van der Waals surface area (Å²) >= 11 is 0. The molecule has 6 aromatic carbocycles. The van der Waals surface area contributed by atoms with Gasteiger partial charge < -0.3 is 5.11 Å². The molecule has 0 aliphatic carbocycles. The van der Waals surface area contributed by atoms with Crippen molar-refractivity contribution < 1.29 is 26.2 Å². The minimum Gasteiger partial charge on any atom is -0.507 e. The van der Waals surface area contributed by atoms with Gasteiger partial charge in [-0.05, 0) is 91.6 Å². The summed E-state index contributed by atoms with van der Waals surface area (Å²) < 4.78 is 2.32. The zero-order valence-electron chi connectivity index (χ0n) is 43.2. The predicted molar refractivity (Wildman–Crippen MR) is 285 cm³/mol. The summed E-state index contributed by atoms with van der Waals surface area (Å²) in [6.07, 6.45) is 1.90. The van der Waals surface area contributed by atoms with E-state index in [0.29, 0.717) is 11.4 Å². The fourth-order valence-corrected chi connectivity index (χ4v) is 8.92. The molecule has 0 unspecified atom stereocenters. The topological polar surface area (TPSA) is 50.9 Å². The number of phenolic OH excluding ortho intramolecular Hbond substituents is 1. The van der Waals surface area contributed by atoms with Crippen LogP contribution in [0.1, 0.15) is 137 Å². The van der Waals surface area contributed by atoms with Crippen molar-refractivity contribution >= 4 is 11.0 Å². The van der Waals surface area contributed by atoms with Crippen LogP contribution in [0.5, 0.6) is 5.75 Å². The van der Waals surface area contributed by atoms with Crippen LogP contribution in [0.3, 0.4) is 0 Å². The molecular weight excluding hydrogens is 1010 g/mol. The van der Waals surface area contributed by atoms with Crippen molar-refractivity contribution in [2.45, 2.75) is 138 Å². The van der Waals surface area contributed by atoms with Gasteiger partial charge in [0.1, 0.15) is 11.6 Å². The van der Waals surface area contributed by atoms with E-state index in [1.807, 2.05) is 6.20 Å². The predicted octanol–water partition coefficient (Wildman–Crippen LogP) is 17.1. The van der Waals surface area contributed by atoms with Crippen molar-refractivity contribution in [2.24, 2.45) is 0 Å². The van der Waals surface area contributed by atoms with Gasteiger partial charge >= 0.3 is 0 Å². The van der Waals surface area contributed by atoms with Crippen LogP contribution in [-0.2, 0) is 48.1 Å². The first-order valence-corrected chi connectivity index (χ1v) is 24.0. The van der Waals surface area contributed by atoms with Crippen LogP contribution in [0.4, 0.5) is 0 Å². The van der Waals surface area contributed by atoms with E-state index in [4.69, 9.17) is 9.97 Å². The number of rotatable bonds is 6. The van der Waals surface area contributed by atoms with Gasteiger partial charge in [0.2, 0.25) is 0 Å². The number of pyridine rings is 1. The molecule has 2 heterocycles. The summed E-state index contributed by atoms with van der Waals surface area (Å²) in [5, 5.41) is 12.7. The van der Waals surface area contributed by atoms with Crippen molar-refractivity contribution in [3.05, 3.63) is 167 Å². The van der Waals surface area contributed by atoms with Gasteiger partial charge in [-0.2, -0.15) is 0 Å². The van der Waals surface area contributed by atoms with Crippen molar-refractivity contribution in [2.75, 3.05) is 0 Å². The molecule has 0 spiro atoms. The number of para-hydroxylation sites is 1. The molecule has 68 heavy (non-hydrogen) atoms. The first-order valence-electron chi connectivity index (χ1n) is 24.0. The molecule has 0 saturated heterocycles. The Morgan fingerprint density at radius 2 is 1.06 bits per heavy atom. The van der Waals surface area contributed by atoms with Gasteiger partial charge in [-0.25, -0.2) is 4.98 Å². The molecule has 1 N–H and O–H groups in total. The number of aromatic hydroxyl groups is 1. The van der Waals surface area contributed by atoms with E-state index in [1.54, 1.807) is 0 Å². The number of hydrogen-bond donors (Lipinski definition) is 1. The van der Waals surface area contributed by atoms with E-state index in [1.165, 1.54) is 22.3 Å². The number of aryl methyl sites for hydroxylation is 1. The van der Waals surface area contributed by atoms with Crippen LogP contribution >= 0.6 is 0 Å². The zero-order chi connectivity index (χ0) is 48.6. The van der Waals surface area contributed by atoms with Crippen molar-refractivity contribution in [3.63, 3.8) is 0 Å². The Labute approximate surface area is 421 Å². The number of aromatic nitrogens is 3. The van der Waals surface area contributed by atoms with E-state index in [0.717, 1.165) is 72.5 Å². The summed E-state index contributed by atoms with van der Waals surface area (Å²) in [5.41, 5.74) is 17.8. The molecule has 0 bridgehead atoms. The number of benzene rings is 6. The van der Waals surface area contributed by atoms with Crippen molar-refractivity contribution in [1.29, 1.82) is 0 Å². The number of fused-ring (bicyclic) bond motifs is 1. The molecule has 0 aliphatic heterocycles. The van der Waals surface area contributed by atoms with Crippen LogP contribution in [0.2, 0.25) is 0 Å². The fraction of sp³-hybridized carbons (Fsp3) is 0.333. The Morgan fingerprint density at radius 1 is 0.485 bits per heavy atom. The first kappa shape index (κ1) is 50.3. The Morgan fingerprint density at radius 3 is 1.66 bits per heavy atom. The largest absolute Gasteiger partial charge is 0.507 e. The average Bonchev–Trinajstić information content (AvgIpc) is 3.64. The molecule has 8 aromatic rings. The van der Waals surface area contributed by atoms with Crippen molar-refractivity contribution in [1.82, 2.24) is 14.5 Å². The van der Waals surface area contributed by atoms with Crippen LogP contribution in [0, 0.1) is 13.0 Å². The average molecular weight is 1080 g/mol. The van der Waals surface area contributed by atoms with E-state index in [2.05, 4.69) is 243 Å². The van der Waals surface area contributed by atoms with Gasteiger partial charge in [-0.15, -0.1) is 29.3 Å². The fourth-order valence-electron chi connectivity index (χ4n) is 8.92. The molecule has 0 aliphatic rings. The Kier molecular flexibility index (Phi) is 13.4. The molecule has 0 radical (unpaired) electrons. The quantitative estimate of drug-likeness (QED) is 0.169. The third-order valence-electron chi connectivity index (χ3n) is 13.3. The van der Waals surface area contributed by atoms with E-state index < -0.39 is 0 Å². The molecular formula is C63H70N3OPt-. The minimum atomic E-state index is -0.336. The second-order valence-corrected chi connectivity index (χ2v) is 23.9. The molecule has 8 rings (SSSR count). The Hall–Kier alpha value is -5.57. The molecule has 354 valence electrons. The number of hydrogen-bond acceptors (Lipinski definition) is 3. The van der Waals surface area contributed by atoms with Gasteiger partial charge in [0, 0.05) is 44.1 Å². The maximum Gasteiger partial charge on any atom is 0.148 e. The van der Waals surface area contributed by atoms with Gasteiger partial charge in [0.25, 0.3) is 0 Å². The van der Waals surface area contributed by atoms with Crippen LogP contribution in [0.15, 0.2) is 128 Å². The number of nitrogens with zero attached hydrogens (tertiary/aromatic N) is 3. The molecule has 0 atom stereocenters. The van der Waals surface area contributed by atoms with Gasteiger partial charge in [-0.1, -0.05) is 205 Å². The van der Waals surface area contributed by atoms with Gasteiger partial charge in [0.15, 0.2) is 0 Å². The van der Waals surface area contributed by atoms with Crippen molar-refractivity contribution in [3.8, 4) is 67.5 Å². The summed E-state index contributed by atoms with van der Waals surface area (Å²) in [7, 11) is 0. The monoisotopic (exact) mass is 1080 g/mol. The summed E-state index contributed by atoms with van der Waals surface area (Å²) in [4.78, 5) is 10.7. The molecule has 0 amide bonds. The number of imidazole rings is 1. The van der Waals surface area contributed by atoms with E-state index >= 15 is 0 Å². The second-order valence-electron chi connectivity index (χ2n) is 23.9. The molecule has 2 aromatic heterocycles. The molecule has 4 nitrogen and oxygen atoms in total. The Bertz CT molecular complexity index is 3140. The van der Waals surface area contributed by atoms with Gasteiger partial charge in [-0.3, -0.25) is 9.55 Å². The first-order chi connectivity index (χ1) is 31.2. The summed E-state index contributed by atoms with van der Waals surface area (Å²) in [6.45, 7) is 35.7. The Balaban J connectivity index is 0.00000684. The standard InChI is InChI=1S/C63H70N3O.Pt/c1-39-20-22-40(23-21-39)42-30-31-64-53(35-42)44-32-43(33-47(34-44)61(8,9)10)50-18-17-19-54-56(50)65-58(51-36-48(62(11,12)13)37-52(57(51)67)63(14,15)16)66(54)55-38-46(60(5,6)7)28-29-49(55)41-24-26-45(27-25-41)59(2,3)4;/h17-31,33-38,67H,1-16H3;/q-1;. The third-order valence-corrected chi connectivity index (χ3v) is 13.3. The number of phenols is 1. The molecule has 0 saturated carbocycles. The van der Waals surface area contributed by atoms with E-state index in [9.17, 15) is 5.11 Å². The summed E-state index contributed by atoms with van der Waals surface area (Å²) in [6, 6.07) is 48.1. The minimum absolute atomic E-state index is 0. The van der Waals surface area contributed by atoms with Crippen LogP contribution in [0.25, 0.3) is 72.7 Å². The second kappa shape index (κ2) is 18.1. The third kappa shape index (κ3) is 10.1. The summed E-state index contributed by atoms with van der Waals surface area (Å²) in [5.74, 6) is 0.944. The SMILES string of the molecule is Cc1ccc(-c2ccnc(-c3[c-]c(-c4cccc5c4nc(-c4cc(C(C)(C)C)cc(C(C)(C)C)c4O)n5-c4cc(C(C)(C)C)ccc4-c4ccc(C(C)(C)C)cc4)cc(C(C)(C)C)c3)c2)cc1.[Pt]. The van der Waals surface area contributed by atoms with Gasteiger partial charge in [0.05, 0.1) is 22.3 Å². The zero-order valence-corrected chi connectivity index (χ0v) is 45.5. The molecule has 5 heteroatoms. The van der Waals surface area contributed by atoms with E-state index in [-0.39, 0.29) is 53.9 Å². The maximum atomic E-state index is 12.7. The van der Waals surface area contributed by atoms with Crippen LogP contribution in [-0.4, -0.2) is 19.6 Å².